The lowest BCUT2D eigenvalue weighted by Gasteiger charge is -2.31. The Morgan fingerprint density at radius 1 is 0.740 bits per heavy atom. The van der Waals surface area contributed by atoms with Gasteiger partial charge in [-0.15, -0.1) is 0 Å². The molecule has 2 fully saturated rings. The number of rotatable bonds is 12. The average molecular weight is 1000 g/mol. The average Bonchev–Trinajstić information content (AvgIpc) is 4.18. The highest BCUT2D eigenvalue weighted by Gasteiger charge is 2.45. The minimum atomic E-state index is -0.920. The third-order valence-corrected chi connectivity index (χ3v) is 13.6. The van der Waals surface area contributed by atoms with E-state index in [0.29, 0.717) is 30.8 Å². The van der Waals surface area contributed by atoms with Gasteiger partial charge in [0.25, 0.3) is 0 Å². The second-order valence-corrected chi connectivity index (χ2v) is 22.2. The number of carbonyl (C=O) groups is 5. The van der Waals surface area contributed by atoms with E-state index in [1.165, 1.54) is 11.0 Å². The van der Waals surface area contributed by atoms with Crippen LogP contribution in [0.25, 0.3) is 28.0 Å². The lowest BCUT2D eigenvalue weighted by atomic mass is 9.95. The maximum absolute atomic E-state index is 14.6. The summed E-state index contributed by atoms with van der Waals surface area (Å²) in [5, 5.41) is 5.59. The number of amides is 5. The van der Waals surface area contributed by atoms with Crippen molar-refractivity contribution in [3.8, 4) is 22.4 Å². The number of halogens is 1. The largest absolute Gasteiger partial charge is 0.444 e. The number of aliphatic imine (C=N–C) groups is 1. The minimum absolute atomic E-state index is 0.0859. The van der Waals surface area contributed by atoms with Gasteiger partial charge >= 0.3 is 18.3 Å². The topological polar surface area (TPSA) is 188 Å². The Morgan fingerprint density at radius 2 is 1.32 bits per heavy atom. The SMILES string of the molecule is CC(C)[C@H](NC(=O)OC(C)(C)C)C(=O)N1C[C@H](OC(=O)N2Cc3cccc(F)c3C2)C[C@H]1C1=NC=C(c2ccc(-c3ccc(-c4cnc([C@@H]5CCCN5C(=O)[C@@H](NC(=O)OC(C)(C)C)C(C)C)[nH]4)cc3)cc2)C1. The van der Waals surface area contributed by atoms with Gasteiger partial charge in [-0.05, 0) is 106 Å². The summed E-state index contributed by atoms with van der Waals surface area (Å²) < 4.78 is 31.6. The molecule has 2 saturated heterocycles. The number of fused-ring (bicyclic) bond motifs is 1. The molecule has 4 aliphatic heterocycles. The first-order chi connectivity index (χ1) is 34.5. The van der Waals surface area contributed by atoms with E-state index in [0.717, 1.165) is 57.6 Å². The molecule has 3 aromatic carbocycles. The molecule has 16 nitrogen and oxygen atoms in total. The number of benzene rings is 3. The Morgan fingerprint density at radius 3 is 1.89 bits per heavy atom. The normalized spacial score (nSPS) is 19.6. The molecule has 5 amide bonds. The van der Waals surface area contributed by atoms with Gasteiger partial charge in [-0.1, -0.05) is 88.4 Å². The molecule has 8 rings (SSSR count). The van der Waals surface area contributed by atoms with Crippen LogP contribution in [0.4, 0.5) is 18.8 Å². The van der Waals surface area contributed by atoms with Gasteiger partial charge in [-0.2, -0.15) is 0 Å². The first kappa shape index (κ1) is 52.3. The number of H-pyrrole nitrogens is 1. The Hall–Kier alpha value is -7.04. The summed E-state index contributed by atoms with van der Waals surface area (Å²) in [6.07, 6.45) is 3.33. The maximum Gasteiger partial charge on any atom is 0.410 e. The quantitative estimate of drug-likeness (QED) is 0.116. The van der Waals surface area contributed by atoms with Crippen LogP contribution in [-0.2, 0) is 36.9 Å². The molecule has 4 aliphatic rings. The third kappa shape index (κ3) is 12.3. The number of aromatic amines is 1. The lowest BCUT2D eigenvalue weighted by Crippen LogP contribution is -2.54. The molecule has 0 bridgehead atoms. The number of ether oxygens (including phenoxy) is 3. The smallest absolute Gasteiger partial charge is 0.410 e. The summed E-state index contributed by atoms with van der Waals surface area (Å²) >= 11 is 0. The number of imidazole rings is 1. The number of alkyl carbamates (subject to hydrolysis) is 2. The van der Waals surface area contributed by atoms with Gasteiger partial charge in [0.15, 0.2) is 0 Å². The summed E-state index contributed by atoms with van der Waals surface area (Å²) in [4.78, 5) is 85.5. The second-order valence-electron chi connectivity index (χ2n) is 22.2. The minimum Gasteiger partial charge on any atom is -0.444 e. The summed E-state index contributed by atoms with van der Waals surface area (Å²) in [6.45, 7) is 19.1. The number of nitrogens with one attached hydrogen (secondary N) is 3. The Bertz CT molecular complexity index is 2770. The van der Waals surface area contributed by atoms with E-state index in [4.69, 9.17) is 24.2 Å². The third-order valence-electron chi connectivity index (χ3n) is 13.6. The van der Waals surface area contributed by atoms with Crippen molar-refractivity contribution in [3.05, 3.63) is 107 Å². The van der Waals surface area contributed by atoms with Crippen LogP contribution in [-0.4, -0.2) is 109 Å². The van der Waals surface area contributed by atoms with E-state index in [1.54, 1.807) is 64.8 Å². The van der Waals surface area contributed by atoms with E-state index in [-0.39, 0.29) is 55.1 Å². The number of carbonyl (C=O) groups excluding carboxylic acids is 5. The Labute approximate surface area is 427 Å². The summed E-state index contributed by atoms with van der Waals surface area (Å²) in [7, 11) is 0. The van der Waals surface area contributed by atoms with Crippen molar-refractivity contribution >= 4 is 41.4 Å². The van der Waals surface area contributed by atoms with Gasteiger partial charge in [-0.25, -0.2) is 23.8 Å². The molecule has 4 aromatic rings. The van der Waals surface area contributed by atoms with E-state index < -0.39 is 53.7 Å². The summed E-state index contributed by atoms with van der Waals surface area (Å²) in [5.74, 6) is -0.608. The van der Waals surface area contributed by atoms with Crippen LogP contribution in [0.2, 0.25) is 0 Å². The molecule has 5 atom stereocenters. The molecular formula is C56H69FN8O8. The highest BCUT2D eigenvalue weighted by molar-refractivity contribution is 6.04. The molecular weight excluding hydrogens is 932 g/mol. The van der Waals surface area contributed by atoms with Gasteiger partial charge < -0.3 is 39.6 Å². The standard InChI is InChI=1S/C56H69FN8O8/c1-32(2)47(61-52(68)72-55(5,6)7)50(66)64-24-12-15-45(64)49-59-28-44(60-49)37-22-20-35(21-23-37)34-16-18-36(19-17-34)39-25-43(58-27-39)46-26-40(71-54(70)63-29-38-13-11-14-42(57)41(38)31-63)30-65(46)51(67)48(33(3)4)62-53(69)73-56(8,9)10/h11,13-14,16-23,27-28,32-33,40,45-48H,12,15,24-26,29-31H2,1-10H3,(H,59,60)(H,61,68)(H,62,69)/t40-,45+,46+,47+,48+/m1/s1. The van der Waals surface area contributed by atoms with Gasteiger partial charge in [0, 0.05) is 43.4 Å². The highest BCUT2D eigenvalue weighted by atomic mass is 19.1. The van der Waals surface area contributed by atoms with Crippen molar-refractivity contribution in [2.45, 2.75) is 149 Å². The molecule has 1 aromatic heterocycles. The highest BCUT2D eigenvalue weighted by Crippen LogP contribution is 2.36. The lowest BCUT2D eigenvalue weighted by molar-refractivity contribution is -0.136. The van der Waals surface area contributed by atoms with Gasteiger partial charge in [-0.3, -0.25) is 19.5 Å². The summed E-state index contributed by atoms with van der Waals surface area (Å²) in [5.41, 5.74) is 6.20. The molecule has 3 N–H and O–H groups in total. The number of allylic oxidation sites excluding steroid dienone is 1. The monoisotopic (exact) mass is 1000 g/mol. The van der Waals surface area contributed by atoms with E-state index >= 15 is 0 Å². The molecule has 0 saturated carbocycles. The van der Waals surface area contributed by atoms with Crippen LogP contribution in [0.1, 0.15) is 123 Å². The van der Waals surface area contributed by atoms with Crippen molar-refractivity contribution in [1.82, 2.24) is 35.3 Å². The van der Waals surface area contributed by atoms with Crippen molar-refractivity contribution in [2.75, 3.05) is 13.1 Å². The Kier molecular flexibility index (Phi) is 15.2. The fourth-order valence-corrected chi connectivity index (χ4v) is 9.94. The van der Waals surface area contributed by atoms with Crippen molar-refractivity contribution in [3.63, 3.8) is 0 Å². The Balaban J connectivity index is 0.917. The first-order valence-electron chi connectivity index (χ1n) is 25.4. The van der Waals surface area contributed by atoms with Crippen molar-refractivity contribution in [1.29, 1.82) is 0 Å². The number of likely N-dealkylation sites (tertiary alicyclic amines) is 2. The second kappa shape index (κ2) is 21.2. The predicted octanol–water partition coefficient (Wildman–Crippen LogP) is 9.95. The fraction of sp³-hybridized carbons (Fsp3) is 0.482. The number of hydrogen-bond donors (Lipinski definition) is 3. The van der Waals surface area contributed by atoms with Gasteiger partial charge in [0.1, 0.15) is 41.0 Å². The van der Waals surface area contributed by atoms with Crippen molar-refractivity contribution in [2.24, 2.45) is 16.8 Å². The maximum atomic E-state index is 14.6. The molecule has 388 valence electrons. The van der Waals surface area contributed by atoms with E-state index in [2.05, 4.69) is 52.0 Å². The van der Waals surface area contributed by atoms with Gasteiger partial charge in [0.2, 0.25) is 11.8 Å². The van der Waals surface area contributed by atoms with Gasteiger partial charge in [0.05, 0.1) is 37.1 Å². The molecule has 73 heavy (non-hydrogen) atoms. The van der Waals surface area contributed by atoms with Crippen LogP contribution in [0.3, 0.4) is 0 Å². The first-order valence-corrected chi connectivity index (χ1v) is 25.4. The fourth-order valence-electron chi connectivity index (χ4n) is 9.94. The number of hydrogen-bond acceptors (Lipinski definition) is 10. The van der Waals surface area contributed by atoms with Crippen LogP contribution >= 0.6 is 0 Å². The summed E-state index contributed by atoms with van der Waals surface area (Å²) in [6, 6.07) is 18.8. The molecule has 0 spiro atoms. The van der Waals surface area contributed by atoms with Crippen LogP contribution in [0, 0.1) is 17.7 Å². The van der Waals surface area contributed by atoms with Crippen LogP contribution in [0.15, 0.2) is 84.1 Å². The number of aromatic nitrogens is 2. The van der Waals surface area contributed by atoms with E-state index in [9.17, 15) is 28.4 Å². The van der Waals surface area contributed by atoms with Crippen LogP contribution < -0.4 is 10.6 Å². The van der Waals surface area contributed by atoms with Crippen LogP contribution in [0.5, 0.6) is 0 Å². The zero-order valence-electron chi connectivity index (χ0n) is 43.6. The molecule has 0 unspecified atom stereocenters. The molecule has 0 radical (unpaired) electrons. The zero-order valence-corrected chi connectivity index (χ0v) is 43.6. The molecule has 5 heterocycles. The molecule has 0 aliphatic carbocycles. The van der Waals surface area contributed by atoms with Crippen molar-refractivity contribution < 1.29 is 42.6 Å². The zero-order chi connectivity index (χ0) is 52.5. The van der Waals surface area contributed by atoms with E-state index in [1.807, 2.05) is 50.9 Å². The number of nitrogens with zero attached hydrogens (tertiary/aromatic N) is 5. The molecule has 17 heteroatoms. The predicted molar refractivity (Wildman–Crippen MR) is 275 cm³/mol.